The molecule has 0 aliphatic heterocycles. The van der Waals surface area contributed by atoms with Gasteiger partial charge in [-0.15, -0.1) is 11.3 Å². The average Bonchev–Trinajstić information content (AvgIpc) is 2.85. The SMILES string of the molecule is O=C(OCCc1cccs1)c1cc(F)cnc1Cl. The van der Waals surface area contributed by atoms with Crippen LogP contribution >= 0.6 is 22.9 Å². The average molecular weight is 286 g/mol. The fourth-order valence-corrected chi connectivity index (χ4v) is 2.21. The number of rotatable bonds is 4. The Bertz CT molecular complexity index is 545. The standard InChI is InChI=1S/C12H9ClFNO2S/c13-11-10(6-8(14)7-15-11)12(16)17-4-3-9-2-1-5-18-9/h1-2,5-7H,3-4H2. The maximum Gasteiger partial charge on any atom is 0.341 e. The Morgan fingerprint density at radius 2 is 2.39 bits per heavy atom. The Morgan fingerprint density at radius 1 is 1.56 bits per heavy atom. The summed E-state index contributed by atoms with van der Waals surface area (Å²) in [5.41, 5.74) is -0.0529. The summed E-state index contributed by atoms with van der Waals surface area (Å²) < 4.78 is 17.9. The van der Waals surface area contributed by atoms with E-state index < -0.39 is 11.8 Å². The van der Waals surface area contributed by atoms with Crippen molar-refractivity contribution in [2.75, 3.05) is 6.61 Å². The minimum absolute atomic E-state index is 0.0529. The van der Waals surface area contributed by atoms with Crippen molar-refractivity contribution in [3.8, 4) is 0 Å². The van der Waals surface area contributed by atoms with Gasteiger partial charge in [-0.1, -0.05) is 17.7 Å². The molecule has 0 saturated carbocycles. The van der Waals surface area contributed by atoms with Gasteiger partial charge in [0.25, 0.3) is 0 Å². The Labute approximate surface area is 112 Å². The number of hydrogen-bond donors (Lipinski definition) is 0. The zero-order valence-corrected chi connectivity index (χ0v) is 10.8. The first-order valence-electron chi connectivity index (χ1n) is 5.17. The molecule has 6 heteroatoms. The number of thiophene rings is 1. The van der Waals surface area contributed by atoms with Crippen molar-refractivity contribution in [3.63, 3.8) is 0 Å². The molecule has 0 unspecified atom stereocenters. The van der Waals surface area contributed by atoms with E-state index in [0.717, 1.165) is 17.1 Å². The smallest absolute Gasteiger partial charge is 0.341 e. The summed E-state index contributed by atoms with van der Waals surface area (Å²) in [5, 5.41) is 1.89. The lowest BCUT2D eigenvalue weighted by molar-refractivity contribution is 0.0509. The zero-order chi connectivity index (χ0) is 13.0. The number of aromatic nitrogens is 1. The largest absolute Gasteiger partial charge is 0.462 e. The lowest BCUT2D eigenvalue weighted by Gasteiger charge is -2.05. The zero-order valence-electron chi connectivity index (χ0n) is 9.23. The van der Waals surface area contributed by atoms with E-state index in [2.05, 4.69) is 4.98 Å². The van der Waals surface area contributed by atoms with E-state index in [1.165, 1.54) is 0 Å². The van der Waals surface area contributed by atoms with E-state index in [9.17, 15) is 9.18 Å². The van der Waals surface area contributed by atoms with Crippen molar-refractivity contribution in [1.82, 2.24) is 4.98 Å². The molecule has 0 aliphatic carbocycles. The highest BCUT2D eigenvalue weighted by Crippen LogP contribution is 2.15. The number of hydrogen-bond acceptors (Lipinski definition) is 4. The molecule has 3 nitrogen and oxygen atoms in total. The minimum atomic E-state index is -0.663. The lowest BCUT2D eigenvalue weighted by atomic mass is 10.3. The summed E-state index contributed by atoms with van der Waals surface area (Å²) in [7, 11) is 0. The molecule has 2 heterocycles. The highest BCUT2D eigenvalue weighted by Gasteiger charge is 2.14. The molecule has 2 rings (SSSR count). The third kappa shape index (κ3) is 3.27. The maximum atomic E-state index is 12.9. The lowest BCUT2D eigenvalue weighted by Crippen LogP contribution is -2.09. The Hall–Kier alpha value is -1.46. The molecule has 0 N–H and O–H groups in total. The third-order valence-corrected chi connectivity index (χ3v) is 3.42. The quantitative estimate of drug-likeness (QED) is 0.639. The molecule has 0 amide bonds. The summed E-state index contributed by atoms with van der Waals surface area (Å²) in [4.78, 5) is 16.3. The first-order valence-corrected chi connectivity index (χ1v) is 6.43. The third-order valence-electron chi connectivity index (χ3n) is 2.19. The van der Waals surface area contributed by atoms with Crippen molar-refractivity contribution >= 4 is 28.9 Å². The van der Waals surface area contributed by atoms with Crippen LogP contribution in [-0.4, -0.2) is 17.6 Å². The molecule has 0 bridgehead atoms. The van der Waals surface area contributed by atoms with Crippen LogP contribution in [0.2, 0.25) is 5.15 Å². The molecule has 0 fully saturated rings. The molecule has 0 spiro atoms. The van der Waals surface area contributed by atoms with Crippen molar-refractivity contribution in [2.45, 2.75) is 6.42 Å². The minimum Gasteiger partial charge on any atom is -0.462 e. The highest BCUT2D eigenvalue weighted by molar-refractivity contribution is 7.09. The second-order valence-electron chi connectivity index (χ2n) is 3.46. The number of ether oxygens (including phenoxy) is 1. The van der Waals surface area contributed by atoms with Gasteiger partial charge < -0.3 is 4.74 Å². The fourth-order valence-electron chi connectivity index (χ4n) is 1.34. The van der Waals surface area contributed by atoms with Crippen LogP contribution in [-0.2, 0) is 11.2 Å². The van der Waals surface area contributed by atoms with Crippen LogP contribution in [0.25, 0.3) is 0 Å². The fraction of sp³-hybridized carbons (Fsp3) is 0.167. The molecule has 0 saturated heterocycles. The molecule has 94 valence electrons. The first-order chi connectivity index (χ1) is 8.66. The number of pyridine rings is 1. The summed E-state index contributed by atoms with van der Waals surface area (Å²) in [6.07, 6.45) is 1.58. The van der Waals surface area contributed by atoms with Gasteiger partial charge in [-0.3, -0.25) is 0 Å². The van der Waals surface area contributed by atoms with Gasteiger partial charge in [-0.05, 0) is 17.5 Å². The predicted molar refractivity (Wildman–Crippen MR) is 67.5 cm³/mol. The Kier molecular flexibility index (Phi) is 4.28. The van der Waals surface area contributed by atoms with E-state index in [1.807, 2.05) is 17.5 Å². The molecular weight excluding hydrogens is 277 g/mol. The van der Waals surface area contributed by atoms with Gasteiger partial charge in [0, 0.05) is 11.3 Å². The summed E-state index contributed by atoms with van der Waals surface area (Å²) in [5.74, 6) is -1.28. The van der Waals surface area contributed by atoms with E-state index in [-0.39, 0.29) is 17.3 Å². The van der Waals surface area contributed by atoms with Crippen LogP contribution in [0.1, 0.15) is 15.2 Å². The molecule has 0 aliphatic rings. The monoisotopic (exact) mass is 285 g/mol. The number of carbonyl (C=O) groups is 1. The van der Waals surface area contributed by atoms with Gasteiger partial charge in [0.05, 0.1) is 18.4 Å². The van der Waals surface area contributed by atoms with Crippen LogP contribution in [0, 0.1) is 5.82 Å². The van der Waals surface area contributed by atoms with Crippen molar-refractivity contribution in [1.29, 1.82) is 0 Å². The highest BCUT2D eigenvalue weighted by atomic mass is 35.5. The van der Waals surface area contributed by atoms with Gasteiger partial charge in [-0.2, -0.15) is 0 Å². The topological polar surface area (TPSA) is 39.2 Å². The van der Waals surface area contributed by atoms with Crippen LogP contribution in [0.4, 0.5) is 4.39 Å². The molecule has 0 aromatic carbocycles. The van der Waals surface area contributed by atoms with E-state index >= 15 is 0 Å². The summed E-state index contributed by atoms with van der Waals surface area (Å²) >= 11 is 7.28. The second kappa shape index (κ2) is 5.93. The molecular formula is C12H9ClFNO2S. The van der Waals surface area contributed by atoms with E-state index in [4.69, 9.17) is 16.3 Å². The van der Waals surface area contributed by atoms with Gasteiger partial charge in [0.15, 0.2) is 0 Å². The Morgan fingerprint density at radius 3 is 3.11 bits per heavy atom. The van der Waals surface area contributed by atoms with E-state index in [0.29, 0.717) is 6.42 Å². The first kappa shape index (κ1) is 13.0. The number of esters is 1. The van der Waals surface area contributed by atoms with Crippen LogP contribution in [0.5, 0.6) is 0 Å². The number of halogens is 2. The summed E-state index contributed by atoms with van der Waals surface area (Å²) in [6.45, 7) is 0.228. The predicted octanol–water partition coefficient (Wildman–Crippen LogP) is 3.34. The molecule has 0 radical (unpaired) electrons. The van der Waals surface area contributed by atoms with Crippen molar-refractivity contribution in [2.24, 2.45) is 0 Å². The normalized spacial score (nSPS) is 10.3. The van der Waals surface area contributed by atoms with Gasteiger partial charge in [-0.25, -0.2) is 14.2 Å². The van der Waals surface area contributed by atoms with Crippen molar-refractivity contribution < 1.29 is 13.9 Å². The molecule has 2 aromatic heterocycles. The van der Waals surface area contributed by atoms with Crippen LogP contribution in [0.15, 0.2) is 29.8 Å². The molecule has 18 heavy (non-hydrogen) atoms. The van der Waals surface area contributed by atoms with Gasteiger partial charge >= 0.3 is 5.97 Å². The molecule has 2 aromatic rings. The van der Waals surface area contributed by atoms with Gasteiger partial charge in [0.1, 0.15) is 11.0 Å². The van der Waals surface area contributed by atoms with E-state index in [1.54, 1.807) is 11.3 Å². The van der Waals surface area contributed by atoms with Gasteiger partial charge in [0.2, 0.25) is 0 Å². The summed E-state index contributed by atoms with van der Waals surface area (Å²) in [6, 6.07) is 4.90. The van der Waals surface area contributed by atoms with Crippen LogP contribution in [0.3, 0.4) is 0 Å². The molecule has 0 atom stereocenters. The maximum absolute atomic E-state index is 12.9. The number of nitrogens with zero attached hydrogens (tertiary/aromatic N) is 1. The second-order valence-corrected chi connectivity index (χ2v) is 4.85. The van der Waals surface area contributed by atoms with Crippen LogP contribution < -0.4 is 0 Å². The van der Waals surface area contributed by atoms with Crippen molar-refractivity contribution in [3.05, 3.63) is 51.2 Å². The Balaban J connectivity index is 1.93. The number of carbonyl (C=O) groups excluding carboxylic acids is 1.